The van der Waals surface area contributed by atoms with E-state index in [1.165, 1.54) is 6.33 Å². The lowest BCUT2D eigenvalue weighted by Crippen LogP contribution is -2.15. The normalized spacial score (nSPS) is 12.4. The fraction of sp³-hybridized carbons (Fsp3) is 0.188. The van der Waals surface area contributed by atoms with E-state index < -0.39 is 0 Å². The van der Waals surface area contributed by atoms with Crippen LogP contribution in [0.15, 0.2) is 41.2 Å². The van der Waals surface area contributed by atoms with Crippen LogP contribution >= 0.6 is 0 Å². The minimum atomic E-state index is -0.261. The van der Waals surface area contributed by atoms with Crippen molar-refractivity contribution in [2.45, 2.75) is 19.9 Å². The molecule has 0 radical (unpaired) electrons. The van der Waals surface area contributed by atoms with Crippen molar-refractivity contribution in [3.8, 4) is 0 Å². The summed E-state index contributed by atoms with van der Waals surface area (Å²) in [5, 5.41) is 15.3. The molecule has 0 bridgehead atoms. The van der Waals surface area contributed by atoms with Gasteiger partial charge in [0.05, 0.1) is 5.69 Å². The van der Waals surface area contributed by atoms with Crippen molar-refractivity contribution in [3.05, 3.63) is 59.6 Å². The van der Waals surface area contributed by atoms with Gasteiger partial charge in [-0.1, -0.05) is 35.5 Å². The molecule has 1 aromatic carbocycles. The van der Waals surface area contributed by atoms with Gasteiger partial charge in [0, 0.05) is 0 Å². The first-order chi connectivity index (χ1) is 11.7. The lowest BCUT2D eigenvalue weighted by Gasteiger charge is -2.17. The van der Waals surface area contributed by atoms with Gasteiger partial charge >= 0.3 is 0 Å². The molecule has 0 amide bonds. The average Bonchev–Trinajstić information content (AvgIpc) is 3.20. The summed E-state index contributed by atoms with van der Waals surface area (Å²) >= 11 is 0. The van der Waals surface area contributed by atoms with E-state index in [0.717, 1.165) is 22.5 Å². The molecule has 1 atom stereocenters. The molecule has 2 N–H and O–H groups in total. The van der Waals surface area contributed by atoms with Crippen LogP contribution in [0.5, 0.6) is 0 Å². The maximum Gasteiger partial charge on any atom is 0.263 e. The van der Waals surface area contributed by atoms with Gasteiger partial charge < -0.3 is 9.84 Å². The molecule has 0 spiro atoms. The first-order valence-corrected chi connectivity index (χ1v) is 7.50. The maximum absolute atomic E-state index is 5.21. The lowest BCUT2D eigenvalue weighted by molar-refractivity contribution is 0.442. The summed E-state index contributed by atoms with van der Waals surface area (Å²) in [4.78, 5) is 12.9. The molecule has 3 heterocycles. The summed E-state index contributed by atoms with van der Waals surface area (Å²) < 4.78 is 5.21. The van der Waals surface area contributed by atoms with Crippen molar-refractivity contribution in [1.82, 2.24) is 30.3 Å². The summed E-state index contributed by atoms with van der Waals surface area (Å²) in [5.41, 5.74) is 2.20. The number of aryl methyl sites for hydroxylation is 2. The summed E-state index contributed by atoms with van der Waals surface area (Å²) in [7, 11) is 0. The van der Waals surface area contributed by atoms with E-state index in [1.807, 2.05) is 44.2 Å². The monoisotopic (exact) mass is 321 g/mol. The van der Waals surface area contributed by atoms with E-state index in [4.69, 9.17) is 4.52 Å². The van der Waals surface area contributed by atoms with Gasteiger partial charge in [0.25, 0.3) is 5.71 Å². The molecule has 120 valence electrons. The van der Waals surface area contributed by atoms with Crippen LogP contribution in [-0.4, -0.2) is 30.3 Å². The van der Waals surface area contributed by atoms with Gasteiger partial charge in [0.1, 0.15) is 29.4 Å². The van der Waals surface area contributed by atoms with Crippen LogP contribution in [0.4, 0.5) is 5.82 Å². The second kappa shape index (κ2) is 5.73. The first kappa shape index (κ1) is 14.3. The fourth-order valence-electron chi connectivity index (χ4n) is 2.60. The molecular formula is C16H15N7O. The largest absolute Gasteiger partial charge is 0.355 e. The molecule has 4 rings (SSSR count). The molecule has 0 aliphatic carbocycles. The second-order valence-electron chi connectivity index (χ2n) is 5.44. The van der Waals surface area contributed by atoms with Gasteiger partial charge in [-0.15, -0.1) is 0 Å². The molecule has 4 aromatic rings. The van der Waals surface area contributed by atoms with Gasteiger partial charge in [0.2, 0.25) is 0 Å². The molecule has 0 saturated heterocycles. The molecule has 0 aliphatic rings. The highest BCUT2D eigenvalue weighted by Gasteiger charge is 2.21. The predicted molar refractivity (Wildman–Crippen MR) is 87.4 cm³/mol. The van der Waals surface area contributed by atoms with E-state index in [1.54, 1.807) is 0 Å². The fourth-order valence-corrected chi connectivity index (χ4v) is 2.60. The van der Waals surface area contributed by atoms with Crippen molar-refractivity contribution in [2.75, 3.05) is 5.32 Å². The van der Waals surface area contributed by atoms with Crippen molar-refractivity contribution < 1.29 is 4.52 Å². The molecule has 8 heteroatoms. The van der Waals surface area contributed by atoms with Crippen molar-refractivity contribution >= 4 is 16.9 Å². The van der Waals surface area contributed by atoms with Gasteiger partial charge in [-0.3, -0.25) is 5.10 Å². The third-order valence-corrected chi connectivity index (χ3v) is 3.73. The zero-order valence-corrected chi connectivity index (χ0v) is 13.2. The summed E-state index contributed by atoms with van der Waals surface area (Å²) in [6, 6.07) is 9.69. The number of H-pyrrole nitrogens is 1. The number of hydrogen-bond donors (Lipinski definition) is 2. The Kier molecular flexibility index (Phi) is 3.42. The Bertz CT molecular complexity index is 976. The molecule has 0 unspecified atom stereocenters. The van der Waals surface area contributed by atoms with Crippen molar-refractivity contribution in [2.24, 2.45) is 0 Å². The predicted octanol–water partition coefficient (Wildman–Crippen LogP) is 2.55. The number of hydrogen-bond acceptors (Lipinski definition) is 7. The Morgan fingerprint density at radius 2 is 1.96 bits per heavy atom. The Hall–Kier alpha value is -3.29. The number of benzene rings is 1. The minimum Gasteiger partial charge on any atom is -0.355 e. The number of rotatable bonds is 4. The number of nitrogens with one attached hydrogen (secondary N) is 2. The minimum absolute atomic E-state index is 0.261. The van der Waals surface area contributed by atoms with E-state index in [-0.39, 0.29) is 6.04 Å². The smallest absolute Gasteiger partial charge is 0.263 e. The quantitative estimate of drug-likeness (QED) is 0.595. The summed E-state index contributed by atoms with van der Waals surface area (Å²) in [6.07, 6.45) is 1.45. The standard InChI is InChI=1S/C16H15N7O/c1-9-12-14(17-8-18-16(12)24-23-9)20-13(11-6-4-3-5-7-11)15-19-10(2)21-22-15/h3-8,13H,1-2H3,(H,17,18,20)(H,19,21,22)/t13-/m0/s1. The third-order valence-electron chi connectivity index (χ3n) is 3.73. The van der Waals surface area contributed by atoms with E-state index in [9.17, 15) is 0 Å². The van der Waals surface area contributed by atoms with Crippen molar-refractivity contribution in [1.29, 1.82) is 0 Å². The Morgan fingerprint density at radius 3 is 2.71 bits per heavy atom. The third kappa shape index (κ3) is 2.47. The highest BCUT2D eigenvalue weighted by atomic mass is 16.5. The van der Waals surface area contributed by atoms with E-state index in [0.29, 0.717) is 17.4 Å². The second-order valence-corrected chi connectivity index (χ2v) is 5.44. The van der Waals surface area contributed by atoms with Crippen LogP contribution in [-0.2, 0) is 0 Å². The first-order valence-electron chi connectivity index (χ1n) is 7.50. The number of aromatic nitrogens is 6. The molecule has 24 heavy (non-hydrogen) atoms. The number of nitrogens with zero attached hydrogens (tertiary/aromatic N) is 5. The Balaban J connectivity index is 1.81. The van der Waals surface area contributed by atoms with Gasteiger partial charge in [-0.05, 0) is 19.4 Å². The van der Waals surface area contributed by atoms with Crippen LogP contribution in [0.25, 0.3) is 11.1 Å². The average molecular weight is 321 g/mol. The van der Waals surface area contributed by atoms with Crippen LogP contribution in [0.3, 0.4) is 0 Å². The van der Waals surface area contributed by atoms with Crippen LogP contribution < -0.4 is 5.32 Å². The summed E-state index contributed by atoms with van der Waals surface area (Å²) in [6.45, 7) is 3.72. The molecular weight excluding hydrogens is 306 g/mol. The van der Waals surface area contributed by atoms with Crippen LogP contribution in [0, 0.1) is 13.8 Å². The topological polar surface area (TPSA) is 105 Å². The molecule has 0 aliphatic heterocycles. The van der Waals surface area contributed by atoms with E-state index >= 15 is 0 Å². The highest BCUT2D eigenvalue weighted by molar-refractivity contribution is 5.87. The maximum atomic E-state index is 5.21. The SMILES string of the molecule is Cc1nc([C@@H](Nc2ncnc3onc(C)c23)c2ccccc2)n[nH]1. The Labute approximate surface area is 137 Å². The van der Waals surface area contributed by atoms with Gasteiger partial charge in [-0.25, -0.2) is 9.97 Å². The summed E-state index contributed by atoms with van der Waals surface area (Å²) in [5.74, 6) is 2.02. The number of aromatic amines is 1. The van der Waals surface area contributed by atoms with E-state index in [2.05, 4.69) is 35.6 Å². The molecule has 0 saturated carbocycles. The zero-order valence-electron chi connectivity index (χ0n) is 13.2. The zero-order chi connectivity index (χ0) is 16.5. The number of fused-ring (bicyclic) bond motifs is 1. The van der Waals surface area contributed by atoms with Crippen molar-refractivity contribution in [3.63, 3.8) is 0 Å². The van der Waals surface area contributed by atoms with Crippen LogP contribution in [0.2, 0.25) is 0 Å². The lowest BCUT2D eigenvalue weighted by atomic mass is 10.1. The number of anilines is 1. The highest BCUT2D eigenvalue weighted by Crippen LogP contribution is 2.28. The molecule has 8 nitrogen and oxygen atoms in total. The van der Waals surface area contributed by atoms with Crippen LogP contribution in [0.1, 0.15) is 28.9 Å². The Morgan fingerprint density at radius 1 is 1.12 bits per heavy atom. The molecule has 3 aromatic heterocycles. The van der Waals surface area contributed by atoms with Gasteiger partial charge in [0.15, 0.2) is 5.82 Å². The molecule has 0 fully saturated rings. The van der Waals surface area contributed by atoms with Gasteiger partial charge in [-0.2, -0.15) is 10.1 Å².